The number of amides is 2. The van der Waals surface area contributed by atoms with Crippen molar-refractivity contribution in [2.75, 3.05) is 56.7 Å². The number of anilines is 2. The Kier molecular flexibility index (Phi) is 9.39. The van der Waals surface area contributed by atoms with Gasteiger partial charge in [-0.15, -0.1) is 0 Å². The molecule has 1 aliphatic rings. The summed E-state index contributed by atoms with van der Waals surface area (Å²) in [7, 11) is 0. The van der Waals surface area contributed by atoms with Crippen LogP contribution in [-0.4, -0.2) is 67.0 Å². The van der Waals surface area contributed by atoms with Crippen LogP contribution in [0.1, 0.15) is 37.2 Å². The predicted molar refractivity (Wildman–Crippen MR) is 147 cm³/mol. The minimum atomic E-state index is -0.619. The van der Waals surface area contributed by atoms with Crippen LogP contribution in [0.4, 0.5) is 20.7 Å². The van der Waals surface area contributed by atoms with Gasteiger partial charge in [0.25, 0.3) is 0 Å². The van der Waals surface area contributed by atoms with Gasteiger partial charge in [0.1, 0.15) is 30.4 Å². The van der Waals surface area contributed by atoms with Crippen LogP contribution in [0, 0.1) is 22.9 Å². The lowest BCUT2D eigenvalue weighted by Gasteiger charge is -2.45. The highest BCUT2D eigenvalue weighted by molar-refractivity contribution is 5.99. The first-order valence-electron chi connectivity index (χ1n) is 13.0. The molecule has 2 amide bonds. The molecular formula is C29H33FN4O6. The van der Waals surface area contributed by atoms with Crippen LogP contribution < -0.4 is 15.4 Å². The first-order valence-corrected chi connectivity index (χ1v) is 13.0. The van der Waals surface area contributed by atoms with Crippen LogP contribution in [0.3, 0.4) is 0 Å². The number of nitrogens with zero attached hydrogens (tertiary/aromatic N) is 2. The Bertz CT molecular complexity index is 1360. The van der Waals surface area contributed by atoms with Crippen molar-refractivity contribution in [1.82, 2.24) is 5.16 Å². The van der Waals surface area contributed by atoms with Crippen LogP contribution in [0.5, 0.6) is 5.75 Å². The van der Waals surface area contributed by atoms with Crippen molar-refractivity contribution < 1.29 is 32.9 Å². The molecule has 1 fully saturated rings. The van der Waals surface area contributed by atoms with Crippen molar-refractivity contribution in [2.24, 2.45) is 0 Å². The zero-order valence-corrected chi connectivity index (χ0v) is 22.5. The fraction of sp³-hybridized carbons (Fsp3) is 0.379. The topological polar surface area (TPSA) is 129 Å². The number of carbonyl (C=O) groups is 1. The normalized spacial score (nSPS) is 14.6. The number of nitrogens with one attached hydrogen (secondary N) is 2. The molecule has 3 N–H and O–H groups in total. The number of hydroxylamine groups is 3. The summed E-state index contributed by atoms with van der Waals surface area (Å²) >= 11 is 0. The summed E-state index contributed by atoms with van der Waals surface area (Å²) in [4.78, 5) is 12.3. The van der Waals surface area contributed by atoms with Crippen molar-refractivity contribution in [1.29, 1.82) is 0 Å². The van der Waals surface area contributed by atoms with Gasteiger partial charge in [0.2, 0.25) is 0 Å². The number of morpholine rings is 1. The number of hydrogen-bond donors (Lipinski definition) is 3. The predicted octanol–water partition coefficient (Wildman–Crippen LogP) is 4.24. The molecule has 0 atom stereocenters. The van der Waals surface area contributed by atoms with E-state index >= 15 is 0 Å². The summed E-state index contributed by atoms with van der Waals surface area (Å²) < 4.78 is 30.3. The lowest BCUT2D eigenvalue weighted by Crippen LogP contribution is -2.51. The smallest absolute Gasteiger partial charge is 0.324 e. The summed E-state index contributed by atoms with van der Waals surface area (Å²) in [5.74, 6) is 6.27. The molecule has 10 nitrogen and oxygen atoms in total. The number of urea groups is 1. The summed E-state index contributed by atoms with van der Waals surface area (Å²) in [5, 5.41) is 31.0. The van der Waals surface area contributed by atoms with Gasteiger partial charge in [0, 0.05) is 35.2 Å². The Morgan fingerprint density at radius 3 is 2.60 bits per heavy atom. The highest BCUT2D eigenvalue weighted by Gasteiger charge is 2.25. The largest absolute Gasteiger partial charge is 0.633 e. The first kappa shape index (κ1) is 29.0. The minimum absolute atomic E-state index is 0.128. The van der Waals surface area contributed by atoms with E-state index in [1.54, 1.807) is 56.3 Å². The Morgan fingerprint density at radius 2 is 1.90 bits per heavy atom. The molecule has 0 bridgehead atoms. The lowest BCUT2D eigenvalue weighted by molar-refractivity contribution is -0.888. The molecule has 2 heterocycles. The molecule has 4 rings (SSSR count). The molecular weight excluding hydrogens is 519 g/mol. The molecule has 40 heavy (non-hydrogen) atoms. The van der Waals surface area contributed by atoms with Gasteiger partial charge in [-0.05, 0) is 36.4 Å². The average molecular weight is 553 g/mol. The molecule has 11 heteroatoms. The third-order valence-electron chi connectivity index (χ3n) is 6.50. The highest BCUT2D eigenvalue weighted by Crippen LogP contribution is 2.25. The molecule has 0 unspecified atom stereocenters. The third kappa shape index (κ3) is 8.03. The maximum Gasteiger partial charge on any atom is 0.324 e. The second kappa shape index (κ2) is 12.9. The van der Waals surface area contributed by atoms with E-state index in [-0.39, 0.29) is 22.6 Å². The van der Waals surface area contributed by atoms with Gasteiger partial charge in [0.15, 0.2) is 5.82 Å². The van der Waals surface area contributed by atoms with Crippen molar-refractivity contribution in [3.8, 4) is 17.6 Å². The number of rotatable bonds is 9. The number of aromatic nitrogens is 1. The molecule has 212 valence electrons. The number of halogens is 1. The second-order valence-corrected chi connectivity index (χ2v) is 10.2. The fourth-order valence-corrected chi connectivity index (χ4v) is 3.92. The van der Waals surface area contributed by atoms with E-state index in [0.29, 0.717) is 68.6 Å². The highest BCUT2D eigenvalue weighted by atomic mass is 19.1. The maximum absolute atomic E-state index is 14.6. The number of aliphatic hydroxyl groups excluding tert-OH is 1. The number of hydrogen-bond acceptors (Lipinski definition) is 7. The molecule has 3 aromatic rings. The maximum atomic E-state index is 14.6. The van der Waals surface area contributed by atoms with E-state index in [4.69, 9.17) is 14.0 Å². The molecule has 1 aliphatic heterocycles. The van der Waals surface area contributed by atoms with Gasteiger partial charge in [-0.25, -0.2) is 9.18 Å². The summed E-state index contributed by atoms with van der Waals surface area (Å²) in [6, 6.07) is 12.3. The molecule has 1 aromatic heterocycles. The molecule has 0 saturated carbocycles. The quantitative estimate of drug-likeness (QED) is 0.157. The van der Waals surface area contributed by atoms with Gasteiger partial charge < -0.3 is 34.3 Å². The van der Waals surface area contributed by atoms with Gasteiger partial charge >= 0.3 is 6.03 Å². The standard InChI is InChI=1S/C29H33FN4O6/c1-29(2,20-35)26-19-27(33-40-26)32-28(36)31-23-9-5-21(6-10-23)4-7-22-8-11-24(18-25(22)30)39-15-3-12-34(37)13-16-38-17-14-34/h5-6,8-11,18-19,35H,3,12-17,20H2,1-2H3,(H2,31,32,33,36). The molecule has 2 aromatic carbocycles. The van der Waals surface area contributed by atoms with E-state index < -0.39 is 17.3 Å². The Labute approximate surface area is 232 Å². The van der Waals surface area contributed by atoms with Gasteiger partial charge in [-0.2, -0.15) is 0 Å². The summed E-state index contributed by atoms with van der Waals surface area (Å²) in [6.07, 6.45) is 0.573. The van der Waals surface area contributed by atoms with Crippen LogP contribution in [0.25, 0.3) is 0 Å². The van der Waals surface area contributed by atoms with E-state index in [2.05, 4.69) is 27.6 Å². The van der Waals surface area contributed by atoms with E-state index in [0.717, 1.165) is 0 Å². The summed E-state index contributed by atoms with van der Waals surface area (Å²) in [5.41, 5.74) is 0.763. The number of ether oxygens (including phenoxy) is 2. The third-order valence-corrected chi connectivity index (χ3v) is 6.50. The van der Waals surface area contributed by atoms with Gasteiger partial charge in [-0.3, -0.25) is 5.32 Å². The van der Waals surface area contributed by atoms with Crippen molar-refractivity contribution in [3.05, 3.63) is 76.4 Å². The van der Waals surface area contributed by atoms with Crippen LogP contribution in [-0.2, 0) is 10.2 Å². The molecule has 1 saturated heterocycles. The second-order valence-electron chi connectivity index (χ2n) is 10.2. The van der Waals surface area contributed by atoms with E-state index in [1.165, 1.54) is 6.07 Å². The Balaban J connectivity index is 1.25. The number of carbonyl (C=O) groups excluding carboxylic acids is 1. The number of quaternary nitrogens is 1. The van der Waals surface area contributed by atoms with Crippen LogP contribution >= 0.6 is 0 Å². The van der Waals surface area contributed by atoms with E-state index in [1.807, 2.05) is 0 Å². The summed E-state index contributed by atoms with van der Waals surface area (Å²) in [6.45, 7) is 6.09. The fourth-order valence-electron chi connectivity index (χ4n) is 3.92. The van der Waals surface area contributed by atoms with Crippen molar-refractivity contribution in [3.63, 3.8) is 0 Å². The van der Waals surface area contributed by atoms with Gasteiger partial charge in [-0.1, -0.05) is 30.8 Å². The number of aliphatic hydroxyl groups is 1. The molecule has 0 radical (unpaired) electrons. The molecule has 0 spiro atoms. The SMILES string of the molecule is CC(C)(CO)c1cc(NC(=O)Nc2ccc(C#Cc3ccc(OCCC[N+]4([O-])CCOCC4)cc3F)cc2)no1. The van der Waals surface area contributed by atoms with Crippen LogP contribution in [0.2, 0.25) is 0 Å². The Morgan fingerprint density at radius 1 is 1.15 bits per heavy atom. The zero-order valence-electron chi connectivity index (χ0n) is 22.5. The molecule has 0 aliphatic carbocycles. The number of benzene rings is 2. The van der Waals surface area contributed by atoms with Crippen LogP contribution in [0.15, 0.2) is 53.1 Å². The van der Waals surface area contributed by atoms with Crippen molar-refractivity contribution >= 4 is 17.5 Å². The monoisotopic (exact) mass is 552 g/mol. The zero-order chi connectivity index (χ0) is 28.6. The van der Waals surface area contributed by atoms with E-state index in [9.17, 15) is 19.5 Å². The minimum Gasteiger partial charge on any atom is -0.633 e. The average Bonchev–Trinajstić information content (AvgIpc) is 3.41. The van der Waals surface area contributed by atoms with Crippen molar-refractivity contribution in [2.45, 2.75) is 25.7 Å². The Hall–Kier alpha value is -3.95. The van der Waals surface area contributed by atoms with Gasteiger partial charge in [0.05, 0.1) is 38.5 Å². The first-order chi connectivity index (χ1) is 19.2. The lowest BCUT2D eigenvalue weighted by atomic mass is 9.92.